The number of fused-ring (bicyclic) bond motifs is 2. The third-order valence-corrected chi connectivity index (χ3v) is 9.15. The predicted molar refractivity (Wildman–Crippen MR) is 186 cm³/mol. The van der Waals surface area contributed by atoms with Gasteiger partial charge in [-0.1, -0.05) is 66.2 Å². The van der Waals surface area contributed by atoms with Crippen LogP contribution in [0.4, 0.5) is 5.69 Å². The molecule has 3 unspecified atom stereocenters. The first kappa shape index (κ1) is 31.7. The number of pyridine rings is 1. The predicted octanol–water partition coefficient (Wildman–Crippen LogP) is 7.67. The minimum Gasteiger partial charge on any atom is -0.489 e. The van der Waals surface area contributed by atoms with E-state index < -0.39 is 12.1 Å². The van der Waals surface area contributed by atoms with E-state index in [9.17, 15) is 19.2 Å². The van der Waals surface area contributed by atoms with Crippen LogP contribution in [-0.2, 0) is 20.9 Å². The first-order valence-corrected chi connectivity index (χ1v) is 16.3. The van der Waals surface area contributed by atoms with Crippen molar-refractivity contribution in [3.8, 4) is 17.0 Å². The minimum atomic E-state index is -1.05. The Balaban J connectivity index is 1.09. The molecular weight excluding hydrogens is 616 g/mol. The van der Waals surface area contributed by atoms with E-state index in [-0.39, 0.29) is 35.0 Å². The fraction of sp³-hybridized carbons (Fsp3) is 0.195. The molecule has 2 amide bonds. The van der Waals surface area contributed by atoms with Gasteiger partial charge in [-0.2, -0.15) is 0 Å². The van der Waals surface area contributed by atoms with Gasteiger partial charge >= 0.3 is 5.97 Å². The zero-order chi connectivity index (χ0) is 34.1. The van der Waals surface area contributed by atoms with Gasteiger partial charge in [0.15, 0.2) is 6.10 Å². The number of carbonyl (C=O) groups is 4. The average Bonchev–Trinajstić information content (AvgIpc) is 3.39. The molecule has 8 heteroatoms. The number of ketones is 1. The molecule has 49 heavy (non-hydrogen) atoms. The highest BCUT2D eigenvalue weighted by Crippen LogP contribution is 2.38. The maximum Gasteiger partial charge on any atom is 0.339 e. The number of Topliss-reactive ketones (excluding diaryl/α,β-unsaturated/α-hetero) is 1. The van der Waals surface area contributed by atoms with Crippen LogP contribution in [0, 0.1) is 18.8 Å². The van der Waals surface area contributed by atoms with Gasteiger partial charge < -0.3 is 9.47 Å². The monoisotopic (exact) mass is 650 g/mol. The van der Waals surface area contributed by atoms with Crippen molar-refractivity contribution < 1.29 is 28.7 Å². The van der Waals surface area contributed by atoms with Crippen molar-refractivity contribution in [3.63, 3.8) is 0 Å². The number of hydrogen-bond acceptors (Lipinski definition) is 7. The second-order valence-corrected chi connectivity index (χ2v) is 12.5. The van der Waals surface area contributed by atoms with Crippen LogP contribution in [0.3, 0.4) is 0 Å². The molecule has 2 aliphatic rings. The van der Waals surface area contributed by atoms with Crippen molar-refractivity contribution in [2.75, 3.05) is 4.90 Å². The maximum atomic E-state index is 13.7. The number of anilines is 1. The topological polar surface area (TPSA) is 103 Å². The van der Waals surface area contributed by atoms with Gasteiger partial charge in [-0.25, -0.2) is 9.78 Å². The number of carbonyl (C=O) groups excluding carboxylic acids is 4. The van der Waals surface area contributed by atoms with Gasteiger partial charge in [-0.15, -0.1) is 0 Å². The first-order valence-electron chi connectivity index (χ1n) is 16.3. The molecule has 1 aliphatic carbocycles. The van der Waals surface area contributed by atoms with Crippen molar-refractivity contribution in [1.82, 2.24) is 4.98 Å². The van der Waals surface area contributed by atoms with Crippen molar-refractivity contribution in [2.45, 2.75) is 39.4 Å². The molecule has 244 valence electrons. The van der Waals surface area contributed by atoms with Gasteiger partial charge in [0.25, 0.3) is 0 Å². The van der Waals surface area contributed by atoms with E-state index in [2.05, 4.69) is 0 Å². The van der Waals surface area contributed by atoms with Gasteiger partial charge in [0.1, 0.15) is 12.4 Å². The number of allylic oxidation sites excluding steroid dienone is 2. The molecule has 7 rings (SSSR count). The molecule has 1 saturated heterocycles. The Morgan fingerprint density at radius 3 is 2.18 bits per heavy atom. The van der Waals surface area contributed by atoms with Crippen molar-refractivity contribution >= 4 is 40.2 Å². The van der Waals surface area contributed by atoms with Crippen LogP contribution in [0.25, 0.3) is 22.2 Å². The highest BCUT2D eigenvalue weighted by atomic mass is 16.5. The summed E-state index contributed by atoms with van der Waals surface area (Å²) in [6, 6.07) is 30.9. The number of aromatic nitrogens is 1. The lowest BCUT2D eigenvalue weighted by molar-refractivity contribution is -0.122. The fourth-order valence-electron chi connectivity index (χ4n) is 6.46. The normalized spacial score (nSPS) is 17.6. The molecule has 4 aromatic carbocycles. The Kier molecular flexibility index (Phi) is 8.61. The first-order chi connectivity index (χ1) is 23.8. The summed E-state index contributed by atoms with van der Waals surface area (Å²) in [7, 11) is 0. The van der Waals surface area contributed by atoms with Crippen LogP contribution in [-0.4, -0.2) is 34.7 Å². The summed E-state index contributed by atoms with van der Waals surface area (Å²) in [5, 5.41) is 0.606. The number of nitrogens with zero attached hydrogens (tertiary/aromatic N) is 2. The zero-order valence-electron chi connectivity index (χ0n) is 27.2. The van der Waals surface area contributed by atoms with Crippen molar-refractivity contribution in [2.24, 2.45) is 11.8 Å². The van der Waals surface area contributed by atoms with E-state index >= 15 is 0 Å². The molecule has 2 heterocycles. The Labute approximate surface area is 284 Å². The Bertz CT molecular complexity index is 2080. The molecule has 0 saturated carbocycles. The zero-order valence-corrected chi connectivity index (χ0v) is 27.2. The van der Waals surface area contributed by atoms with Gasteiger partial charge in [-0.05, 0) is 86.8 Å². The summed E-state index contributed by atoms with van der Waals surface area (Å²) in [6.07, 6.45) is 4.03. The molecule has 1 aliphatic heterocycles. The Morgan fingerprint density at radius 1 is 0.837 bits per heavy atom. The summed E-state index contributed by atoms with van der Waals surface area (Å²) >= 11 is 0. The van der Waals surface area contributed by atoms with E-state index in [0.717, 1.165) is 11.1 Å². The molecule has 5 aromatic rings. The van der Waals surface area contributed by atoms with Crippen LogP contribution in [0.5, 0.6) is 5.75 Å². The lowest BCUT2D eigenvalue weighted by Gasteiger charge is -2.16. The standard InChI is InChI=1S/C41H34N2O6/c1-25-12-21-36-34(22-25)35(41(47)49-26(2)38(44)29-15-19-31(20-16-29)48-24-27-8-4-3-5-9-27)23-37(42-36)28-13-17-30(18-14-28)43-39(45)32-10-6-7-11-33(32)40(43)46/h3-9,12-23,26,32-33H,10-11,24H2,1-2H3. The average molecular weight is 651 g/mol. The summed E-state index contributed by atoms with van der Waals surface area (Å²) < 4.78 is 11.6. The number of imide groups is 1. The number of hydrogen-bond donors (Lipinski definition) is 0. The molecule has 0 N–H and O–H groups in total. The van der Waals surface area contributed by atoms with Crippen molar-refractivity contribution in [3.05, 3.63) is 138 Å². The number of aryl methyl sites for hydroxylation is 1. The van der Waals surface area contributed by atoms with Crippen LogP contribution in [0.15, 0.2) is 115 Å². The number of esters is 1. The van der Waals surface area contributed by atoms with Gasteiger partial charge in [-0.3, -0.25) is 19.3 Å². The van der Waals surface area contributed by atoms with E-state index in [4.69, 9.17) is 14.5 Å². The van der Waals surface area contributed by atoms with Gasteiger partial charge in [0.05, 0.1) is 34.3 Å². The van der Waals surface area contributed by atoms with Crippen LogP contribution in [0.2, 0.25) is 0 Å². The molecular formula is C41H34N2O6. The van der Waals surface area contributed by atoms with E-state index in [1.807, 2.05) is 67.6 Å². The van der Waals surface area contributed by atoms with Crippen LogP contribution in [0.1, 0.15) is 51.6 Å². The number of ether oxygens (including phenoxy) is 2. The van der Waals surface area contributed by atoms with Crippen LogP contribution < -0.4 is 9.64 Å². The molecule has 0 bridgehead atoms. The SMILES string of the molecule is Cc1ccc2nc(-c3ccc(N4C(=O)C5CC=CCC5C4=O)cc3)cc(C(=O)OC(C)C(=O)c3ccc(OCc4ccccc4)cc3)c2c1. The molecule has 8 nitrogen and oxygen atoms in total. The number of rotatable bonds is 9. The molecule has 0 radical (unpaired) electrons. The third kappa shape index (κ3) is 6.37. The lowest BCUT2D eigenvalue weighted by Crippen LogP contribution is -2.30. The van der Waals surface area contributed by atoms with Crippen LogP contribution >= 0.6 is 0 Å². The molecule has 1 aromatic heterocycles. The highest BCUT2D eigenvalue weighted by molar-refractivity contribution is 6.22. The summed E-state index contributed by atoms with van der Waals surface area (Å²) in [5.74, 6) is -1.34. The van der Waals surface area contributed by atoms with E-state index in [0.29, 0.717) is 58.6 Å². The third-order valence-electron chi connectivity index (χ3n) is 9.15. The summed E-state index contributed by atoms with van der Waals surface area (Å²) in [6.45, 7) is 3.89. The van der Waals surface area contributed by atoms with Gasteiger partial charge in [0, 0.05) is 16.5 Å². The molecule has 0 spiro atoms. The quantitative estimate of drug-likeness (QED) is 0.0698. The van der Waals surface area contributed by atoms with E-state index in [1.54, 1.807) is 61.5 Å². The van der Waals surface area contributed by atoms with Crippen molar-refractivity contribution in [1.29, 1.82) is 0 Å². The molecule has 3 atom stereocenters. The smallest absolute Gasteiger partial charge is 0.339 e. The number of benzene rings is 4. The second-order valence-electron chi connectivity index (χ2n) is 12.5. The van der Waals surface area contributed by atoms with E-state index in [1.165, 1.54) is 4.90 Å². The molecule has 1 fully saturated rings. The lowest BCUT2D eigenvalue weighted by atomic mass is 9.85. The number of amides is 2. The fourth-order valence-corrected chi connectivity index (χ4v) is 6.46. The highest BCUT2D eigenvalue weighted by Gasteiger charge is 2.47. The Hall–Kier alpha value is -5.89. The second kappa shape index (κ2) is 13.3. The Morgan fingerprint density at radius 2 is 1.51 bits per heavy atom. The summed E-state index contributed by atoms with van der Waals surface area (Å²) in [5.41, 5.74) is 4.95. The van der Waals surface area contributed by atoms with Gasteiger partial charge in [0.2, 0.25) is 17.6 Å². The summed E-state index contributed by atoms with van der Waals surface area (Å²) in [4.78, 5) is 59.3. The maximum absolute atomic E-state index is 13.7. The minimum absolute atomic E-state index is 0.174. The largest absolute Gasteiger partial charge is 0.489 e.